The molecule has 0 fully saturated rings. The molecule has 18 heavy (non-hydrogen) atoms. The Morgan fingerprint density at radius 3 is 2.61 bits per heavy atom. The van der Waals surface area contributed by atoms with Crippen LogP contribution >= 0.6 is 22.9 Å². The molecule has 1 aromatic heterocycles. The van der Waals surface area contributed by atoms with Crippen molar-refractivity contribution in [3.05, 3.63) is 57.2 Å². The van der Waals surface area contributed by atoms with Crippen LogP contribution < -0.4 is 5.32 Å². The lowest BCUT2D eigenvalue weighted by atomic mass is 10.1. The third kappa shape index (κ3) is 3.56. The molecule has 4 heteroatoms. The monoisotopic (exact) mass is 281 g/mol. The zero-order valence-corrected chi connectivity index (χ0v) is 11.7. The van der Waals surface area contributed by atoms with E-state index >= 15 is 0 Å². The number of benzene rings is 1. The van der Waals surface area contributed by atoms with Crippen molar-refractivity contribution in [1.29, 1.82) is 0 Å². The summed E-state index contributed by atoms with van der Waals surface area (Å²) < 4.78 is 0. The average molecular weight is 282 g/mol. The summed E-state index contributed by atoms with van der Waals surface area (Å²) >= 11 is 7.43. The first-order chi connectivity index (χ1) is 8.66. The van der Waals surface area contributed by atoms with Gasteiger partial charge in [0.15, 0.2) is 0 Å². The number of rotatable bonds is 5. The largest absolute Gasteiger partial charge is 0.386 e. The highest BCUT2D eigenvalue weighted by Crippen LogP contribution is 2.20. The summed E-state index contributed by atoms with van der Waals surface area (Å²) in [6, 6.07) is 11.8. The number of nitrogens with one attached hydrogen (secondary N) is 1. The maximum atomic E-state index is 9.98. The molecule has 0 aliphatic rings. The van der Waals surface area contributed by atoms with Crippen LogP contribution in [0.5, 0.6) is 0 Å². The Balaban J connectivity index is 1.88. The fourth-order valence-corrected chi connectivity index (χ4v) is 2.58. The minimum absolute atomic E-state index is 0.192. The summed E-state index contributed by atoms with van der Waals surface area (Å²) in [5, 5.41) is 16.0. The van der Waals surface area contributed by atoms with Crippen LogP contribution in [0.1, 0.15) is 29.5 Å². The zero-order chi connectivity index (χ0) is 13.0. The van der Waals surface area contributed by atoms with Crippen LogP contribution in [0.15, 0.2) is 41.8 Å². The van der Waals surface area contributed by atoms with E-state index in [1.54, 1.807) is 11.3 Å². The Hall–Kier alpha value is -0.870. The van der Waals surface area contributed by atoms with Crippen LogP contribution in [-0.4, -0.2) is 11.7 Å². The molecule has 1 heterocycles. The van der Waals surface area contributed by atoms with E-state index in [1.165, 1.54) is 0 Å². The number of thiophene rings is 1. The van der Waals surface area contributed by atoms with Gasteiger partial charge < -0.3 is 10.4 Å². The molecule has 2 atom stereocenters. The fourth-order valence-electron chi connectivity index (χ4n) is 1.74. The molecule has 96 valence electrons. The lowest BCUT2D eigenvalue weighted by Crippen LogP contribution is -2.24. The van der Waals surface area contributed by atoms with Gasteiger partial charge in [0.25, 0.3) is 0 Å². The number of aliphatic hydroxyl groups excluding tert-OH is 1. The maximum Gasteiger partial charge on any atom is 0.101 e. The van der Waals surface area contributed by atoms with Gasteiger partial charge in [-0.2, -0.15) is 0 Å². The molecule has 0 aliphatic carbocycles. The summed E-state index contributed by atoms with van der Waals surface area (Å²) in [6.45, 7) is 2.62. The third-order valence-electron chi connectivity index (χ3n) is 2.86. The van der Waals surface area contributed by atoms with Gasteiger partial charge in [0.05, 0.1) is 0 Å². The molecule has 2 N–H and O–H groups in total. The van der Waals surface area contributed by atoms with Crippen LogP contribution in [0.2, 0.25) is 5.02 Å². The maximum absolute atomic E-state index is 9.98. The quantitative estimate of drug-likeness (QED) is 0.874. The highest BCUT2D eigenvalue weighted by Gasteiger charge is 2.11. The fraction of sp³-hybridized carbons (Fsp3) is 0.286. The molecular formula is C14H16ClNOS. The summed E-state index contributed by atoms with van der Waals surface area (Å²) in [6.07, 6.45) is -0.445. The second-order valence-electron chi connectivity index (χ2n) is 4.21. The molecule has 2 rings (SSSR count). The van der Waals surface area contributed by atoms with Crippen molar-refractivity contribution in [2.75, 3.05) is 6.54 Å². The third-order valence-corrected chi connectivity index (χ3v) is 4.08. The van der Waals surface area contributed by atoms with Gasteiger partial charge in [-0.15, -0.1) is 11.3 Å². The topological polar surface area (TPSA) is 32.3 Å². The highest BCUT2D eigenvalue weighted by atomic mass is 35.5. The normalized spacial score (nSPS) is 14.4. The van der Waals surface area contributed by atoms with Gasteiger partial charge in [0, 0.05) is 22.5 Å². The van der Waals surface area contributed by atoms with Gasteiger partial charge in [-0.25, -0.2) is 0 Å². The van der Waals surface area contributed by atoms with E-state index in [4.69, 9.17) is 11.6 Å². The van der Waals surface area contributed by atoms with Gasteiger partial charge in [0.1, 0.15) is 6.10 Å². The van der Waals surface area contributed by atoms with Crippen molar-refractivity contribution >= 4 is 22.9 Å². The molecule has 1 unspecified atom stereocenters. The molecule has 0 bridgehead atoms. The van der Waals surface area contributed by atoms with E-state index < -0.39 is 6.10 Å². The molecule has 0 radical (unpaired) electrons. The first-order valence-corrected chi connectivity index (χ1v) is 7.13. The van der Waals surface area contributed by atoms with Gasteiger partial charge in [0.2, 0.25) is 0 Å². The molecule has 0 spiro atoms. The second-order valence-corrected chi connectivity index (χ2v) is 5.63. The van der Waals surface area contributed by atoms with Crippen molar-refractivity contribution in [3.8, 4) is 0 Å². The molecule has 0 saturated carbocycles. The number of aliphatic hydroxyl groups is 1. The Bertz CT molecular complexity index is 469. The molecule has 0 aliphatic heterocycles. The van der Waals surface area contributed by atoms with E-state index in [2.05, 4.69) is 12.2 Å². The van der Waals surface area contributed by atoms with Crippen LogP contribution in [0, 0.1) is 0 Å². The second kappa shape index (κ2) is 6.34. The molecule has 1 aromatic carbocycles. The van der Waals surface area contributed by atoms with Gasteiger partial charge >= 0.3 is 0 Å². The predicted molar refractivity (Wildman–Crippen MR) is 77.1 cm³/mol. The Labute approximate surface area is 116 Å². The van der Waals surface area contributed by atoms with Crippen LogP contribution in [0.3, 0.4) is 0 Å². The van der Waals surface area contributed by atoms with Crippen LogP contribution in [0.4, 0.5) is 0 Å². The summed E-state index contributed by atoms with van der Waals surface area (Å²) in [4.78, 5) is 0.991. The molecule has 2 nitrogen and oxygen atoms in total. The van der Waals surface area contributed by atoms with Crippen LogP contribution in [-0.2, 0) is 0 Å². The summed E-state index contributed by atoms with van der Waals surface area (Å²) in [7, 11) is 0. The zero-order valence-electron chi connectivity index (χ0n) is 10.1. The number of hydrogen-bond donors (Lipinski definition) is 2. The summed E-state index contributed by atoms with van der Waals surface area (Å²) in [5.74, 6) is 0. The van der Waals surface area contributed by atoms with E-state index in [1.807, 2.05) is 41.8 Å². The summed E-state index contributed by atoms with van der Waals surface area (Å²) in [5.41, 5.74) is 1.16. The highest BCUT2D eigenvalue weighted by molar-refractivity contribution is 7.10. The first-order valence-electron chi connectivity index (χ1n) is 5.87. The number of hydrogen-bond acceptors (Lipinski definition) is 3. The van der Waals surface area contributed by atoms with E-state index in [9.17, 15) is 5.11 Å². The van der Waals surface area contributed by atoms with Gasteiger partial charge in [-0.3, -0.25) is 0 Å². The lowest BCUT2D eigenvalue weighted by Gasteiger charge is -2.17. The van der Waals surface area contributed by atoms with E-state index in [0.29, 0.717) is 6.54 Å². The van der Waals surface area contributed by atoms with Crippen molar-refractivity contribution in [1.82, 2.24) is 5.32 Å². The number of halogens is 1. The van der Waals surface area contributed by atoms with Crippen molar-refractivity contribution in [2.24, 2.45) is 0 Å². The van der Waals surface area contributed by atoms with Crippen LogP contribution in [0.25, 0.3) is 0 Å². The minimum Gasteiger partial charge on any atom is -0.386 e. The predicted octanol–water partition coefficient (Wildman–Crippen LogP) is 3.79. The Morgan fingerprint density at radius 2 is 2.00 bits per heavy atom. The standard InChI is InChI=1S/C14H16ClNOS/c1-10(11-4-6-12(15)7-5-11)16-9-13(17)14-3-2-8-18-14/h2-8,10,13,16-17H,9H2,1H3/t10-,13?/m1/s1. The van der Waals surface area contributed by atoms with Gasteiger partial charge in [-0.05, 0) is 36.1 Å². The van der Waals surface area contributed by atoms with Gasteiger partial charge in [-0.1, -0.05) is 29.8 Å². The Kier molecular flexibility index (Phi) is 4.78. The first kappa shape index (κ1) is 13.6. The average Bonchev–Trinajstić information content (AvgIpc) is 2.90. The van der Waals surface area contributed by atoms with Crippen molar-refractivity contribution in [3.63, 3.8) is 0 Å². The molecule has 2 aromatic rings. The van der Waals surface area contributed by atoms with Crippen molar-refractivity contribution < 1.29 is 5.11 Å². The minimum atomic E-state index is -0.445. The molecule has 0 saturated heterocycles. The van der Waals surface area contributed by atoms with E-state index in [0.717, 1.165) is 15.5 Å². The van der Waals surface area contributed by atoms with Crippen molar-refractivity contribution in [2.45, 2.75) is 19.1 Å². The molecule has 0 amide bonds. The Morgan fingerprint density at radius 1 is 1.28 bits per heavy atom. The smallest absolute Gasteiger partial charge is 0.101 e. The lowest BCUT2D eigenvalue weighted by molar-refractivity contribution is 0.174. The SMILES string of the molecule is C[C@@H](NCC(O)c1cccs1)c1ccc(Cl)cc1. The molecular weight excluding hydrogens is 266 g/mol. The van der Waals surface area contributed by atoms with E-state index in [-0.39, 0.29) is 6.04 Å².